The maximum absolute atomic E-state index is 7.32. The van der Waals surface area contributed by atoms with E-state index in [1.54, 1.807) is 0 Å². The summed E-state index contributed by atoms with van der Waals surface area (Å²) in [4.78, 5) is 0. The summed E-state index contributed by atoms with van der Waals surface area (Å²) in [5.41, 5.74) is 17.6. The number of aromatic nitrogens is 2. The maximum atomic E-state index is 7.32. The summed E-state index contributed by atoms with van der Waals surface area (Å²) in [6, 6.07) is 66.9. The van der Waals surface area contributed by atoms with Crippen LogP contribution in [0.5, 0.6) is 11.5 Å². The third-order valence-electron chi connectivity index (χ3n) is 13.0. The molecule has 0 amide bonds. The van der Waals surface area contributed by atoms with Crippen LogP contribution in [0.2, 0.25) is 0 Å². The Bertz CT molecular complexity index is 3310. The summed E-state index contributed by atoms with van der Waals surface area (Å²) in [6.07, 6.45) is 6.61. The molecule has 3 nitrogen and oxygen atoms in total. The number of ether oxygens (including phenoxy) is 1. The van der Waals surface area contributed by atoms with Crippen LogP contribution in [0.3, 0.4) is 0 Å². The summed E-state index contributed by atoms with van der Waals surface area (Å²) < 4.78 is 12.4. The summed E-state index contributed by atoms with van der Waals surface area (Å²) in [6.45, 7) is 0. The van der Waals surface area contributed by atoms with Crippen LogP contribution in [-0.4, -0.2) is 9.13 Å². The van der Waals surface area contributed by atoms with Crippen molar-refractivity contribution in [2.45, 2.75) is 18.3 Å². The van der Waals surface area contributed by atoms with Crippen LogP contribution in [0.25, 0.3) is 72.4 Å². The molecular formula is C55H36N2O. The van der Waals surface area contributed by atoms with Crippen molar-refractivity contribution in [2.24, 2.45) is 0 Å². The number of para-hydroxylation sites is 4. The molecule has 0 saturated heterocycles. The van der Waals surface area contributed by atoms with Gasteiger partial charge in [0.1, 0.15) is 11.5 Å². The van der Waals surface area contributed by atoms with E-state index in [0.29, 0.717) is 0 Å². The van der Waals surface area contributed by atoms with E-state index in [-0.39, 0.29) is 0 Å². The van der Waals surface area contributed by atoms with Gasteiger partial charge < -0.3 is 13.9 Å². The molecule has 8 aromatic carbocycles. The summed E-state index contributed by atoms with van der Waals surface area (Å²) in [7, 11) is 0. The van der Waals surface area contributed by atoms with Gasteiger partial charge in [0, 0.05) is 38.8 Å². The van der Waals surface area contributed by atoms with Gasteiger partial charge in [-0.05, 0) is 88.7 Å². The molecule has 1 unspecified atom stereocenters. The number of allylic oxidation sites excluding steroid dienone is 1. The molecule has 1 atom stereocenters. The van der Waals surface area contributed by atoms with Gasteiger partial charge in [0.15, 0.2) is 0 Å². The smallest absolute Gasteiger partial charge is 0.142 e. The minimum absolute atomic E-state index is 0.625. The highest BCUT2D eigenvalue weighted by molar-refractivity contribution is 6.12. The monoisotopic (exact) mass is 740 g/mol. The zero-order valence-corrected chi connectivity index (χ0v) is 31.7. The molecule has 2 aromatic heterocycles. The van der Waals surface area contributed by atoms with Crippen LogP contribution < -0.4 is 4.74 Å². The van der Waals surface area contributed by atoms with Crippen molar-refractivity contribution in [3.8, 4) is 45.1 Å². The molecule has 13 rings (SSSR count). The number of hydrogen-bond donors (Lipinski definition) is 0. The molecule has 1 spiro atoms. The molecule has 0 saturated carbocycles. The Morgan fingerprint density at radius 2 is 1.16 bits per heavy atom. The van der Waals surface area contributed by atoms with Gasteiger partial charge in [0.05, 0.1) is 33.0 Å². The van der Waals surface area contributed by atoms with Gasteiger partial charge in [-0.15, -0.1) is 0 Å². The zero-order valence-electron chi connectivity index (χ0n) is 31.7. The first-order chi connectivity index (χ1) is 28.8. The molecule has 0 N–H and O–H groups in total. The second kappa shape index (κ2) is 11.8. The van der Waals surface area contributed by atoms with Crippen molar-refractivity contribution in [1.29, 1.82) is 0 Å². The van der Waals surface area contributed by atoms with E-state index in [2.05, 4.69) is 203 Å². The zero-order chi connectivity index (χ0) is 38.0. The van der Waals surface area contributed by atoms with Crippen LogP contribution in [0.1, 0.15) is 39.9 Å². The van der Waals surface area contributed by atoms with Crippen molar-refractivity contribution < 1.29 is 4.74 Å². The fraction of sp³-hybridized carbons (Fsp3) is 0.0545. The average molecular weight is 741 g/mol. The van der Waals surface area contributed by atoms with Gasteiger partial charge in [-0.2, -0.15) is 0 Å². The van der Waals surface area contributed by atoms with E-state index >= 15 is 0 Å². The number of nitrogens with zero attached hydrogens (tertiary/aromatic N) is 2. The largest absolute Gasteiger partial charge is 0.456 e. The highest BCUT2D eigenvalue weighted by atomic mass is 16.5. The molecule has 4 heterocycles. The van der Waals surface area contributed by atoms with Crippen molar-refractivity contribution in [3.63, 3.8) is 0 Å². The maximum Gasteiger partial charge on any atom is 0.142 e. The second-order valence-electron chi connectivity index (χ2n) is 15.9. The van der Waals surface area contributed by atoms with Gasteiger partial charge in [-0.3, -0.25) is 0 Å². The third-order valence-corrected chi connectivity index (χ3v) is 13.0. The Morgan fingerprint density at radius 3 is 1.97 bits per heavy atom. The summed E-state index contributed by atoms with van der Waals surface area (Å²) in [5, 5.41) is 3.71. The quantitative estimate of drug-likeness (QED) is 0.176. The first kappa shape index (κ1) is 31.8. The number of benzene rings is 8. The van der Waals surface area contributed by atoms with E-state index < -0.39 is 5.41 Å². The predicted octanol–water partition coefficient (Wildman–Crippen LogP) is 13.8. The molecule has 272 valence electrons. The Hall–Kier alpha value is -7.36. The van der Waals surface area contributed by atoms with Crippen LogP contribution in [0.4, 0.5) is 0 Å². The topological polar surface area (TPSA) is 19.1 Å². The molecular weight excluding hydrogens is 705 g/mol. The lowest BCUT2D eigenvalue weighted by Crippen LogP contribution is -2.37. The first-order valence-electron chi connectivity index (χ1n) is 20.3. The molecule has 3 aliphatic rings. The minimum atomic E-state index is -0.625. The lowest BCUT2D eigenvalue weighted by Gasteiger charge is -2.45. The molecule has 1 aliphatic carbocycles. The number of fused-ring (bicyclic) bond motifs is 15. The van der Waals surface area contributed by atoms with Crippen LogP contribution in [-0.2, 0) is 11.8 Å². The molecule has 58 heavy (non-hydrogen) atoms. The minimum Gasteiger partial charge on any atom is -0.456 e. The van der Waals surface area contributed by atoms with Crippen LogP contribution in [0.15, 0.2) is 188 Å². The van der Waals surface area contributed by atoms with Crippen molar-refractivity contribution in [2.75, 3.05) is 0 Å². The standard InChI is InChI=1S/C55H36N2O/c1-3-16-35(17-4-1)37-32-38(36-18-5-2-6-19-36)34-39(33-37)56-48-27-12-8-21-42(48)52-50(56)31-30-46-54(52)58-51-29-14-10-24-44(51)55(46)43-23-9-13-28-49(43)57-47-26-11-7-20-40(47)41-22-15-25-45(55)53(41)57/h1-11,13-26,28-34H,12,27H2. The fourth-order valence-electron chi connectivity index (χ4n) is 10.7. The predicted molar refractivity (Wildman–Crippen MR) is 238 cm³/mol. The Kier molecular flexibility index (Phi) is 6.49. The molecule has 3 heteroatoms. The molecule has 0 fully saturated rings. The third kappa shape index (κ3) is 4.12. The lowest BCUT2D eigenvalue weighted by molar-refractivity contribution is 0.439. The highest BCUT2D eigenvalue weighted by Gasteiger charge is 2.51. The van der Waals surface area contributed by atoms with Gasteiger partial charge >= 0.3 is 0 Å². The van der Waals surface area contributed by atoms with Crippen molar-refractivity contribution in [3.05, 3.63) is 222 Å². The van der Waals surface area contributed by atoms with E-state index in [1.165, 1.54) is 88.6 Å². The van der Waals surface area contributed by atoms with Gasteiger partial charge in [0.25, 0.3) is 0 Å². The van der Waals surface area contributed by atoms with Crippen molar-refractivity contribution >= 4 is 38.8 Å². The first-order valence-corrected chi connectivity index (χ1v) is 20.3. The van der Waals surface area contributed by atoms with Crippen LogP contribution in [0, 0.1) is 0 Å². The van der Waals surface area contributed by atoms with Gasteiger partial charge in [-0.1, -0.05) is 152 Å². The number of rotatable bonds is 3. The normalized spacial score (nSPS) is 15.9. The lowest BCUT2D eigenvalue weighted by atomic mass is 9.61. The molecule has 0 radical (unpaired) electrons. The summed E-state index contributed by atoms with van der Waals surface area (Å²) in [5.74, 6) is 1.84. The average Bonchev–Trinajstić information content (AvgIpc) is 3.82. The van der Waals surface area contributed by atoms with E-state index in [0.717, 1.165) is 35.5 Å². The van der Waals surface area contributed by atoms with Crippen LogP contribution >= 0.6 is 0 Å². The molecule has 2 aliphatic heterocycles. The second-order valence-corrected chi connectivity index (χ2v) is 15.9. The van der Waals surface area contributed by atoms with E-state index in [9.17, 15) is 0 Å². The van der Waals surface area contributed by atoms with E-state index in [4.69, 9.17) is 4.74 Å². The van der Waals surface area contributed by atoms with Gasteiger partial charge in [-0.25, -0.2) is 0 Å². The SMILES string of the molecule is C1=Cc2c(n(-c3cc(-c4ccccc4)cc(-c4ccccc4)c3)c3ccc4c(c23)Oc2ccccc2C42c3ccccc3-n3c4ccccc4c4cccc2c43)CC1. The highest BCUT2D eigenvalue weighted by Crippen LogP contribution is 2.62. The van der Waals surface area contributed by atoms with E-state index in [1.807, 2.05) is 0 Å². The fourth-order valence-corrected chi connectivity index (χ4v) is 10.7. The summed E-state index contributed by atoms with van der Waals surface area (Å²) >= 11 is 0. The van der Waals surface area contributed by atoms with Crippen molar-refractivity contribution in [1.82, 2.24) is 9.13 Å². The Labute approximate surface area is 336 Å². The molecule has 10 aromatic rings. The Balaban J connectivity index is 1.15. The number of hydrogen-bond acceptors (Lipinski definition) is 1. The molecule has 0 bridgehead atoms. The van der Waals surface area contributed by atoms with Gasteiger partial charge in [0.2, 0.25) is 0 Å². The Morgan fingerprint density at radius 1 is 0.483 bits per heavy atom.